The molecule has 0 radical (unpaired) electrons. The molecule has 0 spiro atoms. The number of fused-ring (bicyclic) bond motifs is 8. The van der Waals surface area contributed by atoms with Crippen LogP contribution in [0.25, 0.3) is 111 Å². The van der Waals surface area contributed by atoms with Crippen LogP contribution in [-0.4, -0.2) is 183 Å². The molecule has 1 aliphatic rings. The van der Waals surface area contributed by atoms with Crippen LogP contribution < -0.4 is 48.5 Å². The van der Waals surface area contributed by atoms with Crippen molar-refractivity contribution in [2.24, 2.45) is 0 Å². The number of thiophene rings is 1. The normalized spacial score (nSPS) is 12.1. The molecule has 21 rings (SSSR count). The minimum absolute atomic E-state index is 0.0356. The average Bonchev–Trinajstić information content (AvgIpc) is 1.61. The molecular formula is C97H79F3N22O13S. The van der Waals surface area contributed by atoms with Gasteiger partial charge >= 0.3 is 0 Å². The topological polar surface area (TPSA) is 393 Å². The number of halogens is 3. The molecule has 0 aliphatic carbocycles. The summed E-state index contributed by atoms with van der Waals surface area (Å²) in [5.41, 5.74) is 10.1. The second-order valence-electron chi connectivity index (χ2n) is 30.3. The molecule has 682 valence electrons. The first kappa shape index (κ1) is 89.1. The van der Waals surface area contributed by atoms with Crippen molar-refractivity contribution in [3.05, 3.63) is 294 Å². The number of methoxy groups -OCH3 is 4. The van der Waals surface area contributed by atoms with E-state index in [-0.39, 0.29) is 42.9 Å². The number of pyridine rings is 4. The molecular weight excluding hydrogens is 1770 g/mol. The molecule has 14 heterocycles. The molecule has 3 N–H and O–H groups in total. The third-order valence-electron chi connectivity index (χ3n) is 21.7. The standard InChI is InChI=1S/C26H23N5O4S.C25H21FN6O3.C24H19FN6O3.C22H16FN5O3/c1-33-18-2-3-19-21(14-18)27-9-8-22(19)35-16-17-15-28-25-7-4-20(29-31(17)25)23-5-6-24(36-23)26(32)30-10-12-34-13-11-30;1-14(35-22-10-11-28-21-13-16(34-3)5-7-18(21)22)24-30-29-23-9-8-20(31-32(23)24)15-4-6-17(19(26)12-15)25(33)27-2;1-14(32)27-20-6-3-15(11-18(20)25)19-7-8-23-28-29-24(31(23)30-19)13-34-22-9-10-26-21-12-16(33-2)4-5-17(21)22;1-30-14-3-4-15-18(11-14)24-9-8-20(15)31-12-22-26-25-21-7-5-17(27-28(21)22)13-2-6-19(29)16(23)10-13/h2-9,14-15H,10-13,16H2,1H3;4-14H,1-3H3,(H,27,33);3-12H,13H2,1-2H3,(H,27,32);2-11,29H,12H2,1H3. The number of carbonyl (C=O) groups excluding carboxylic acids is 3. The van der Waals surface area contributed by atoms with Crippen molar-refractivity contribution in [3.63, 3.8) is 0 Å². The van der Waals surface area contributed by atoms with Crippen LogP contribution >= 0.6 is 11.3 Å². The summed E-state index contributed by atoms with van der Waals surface area (Å²) in [5.74, 6) is 3.81. The maximum atomic E-state index is 14.5. The molecule has 35 nitrogen and oxygen atoms in total. The molecule has 39 heteroatoms. The van der Waals surface area contributed by atoms with Gasteiger partial charge in [0.1, 0.15) is 88.8 Å². The fourth-order valence-electron chi connectivity index (χ4n) is 14.7. The molecule has 0 bridgehead atoms. The molecule has 0 saturated carbocycles. The van der Waals surface area contributed by atoms with Gasteiger partial charge in [-0.05, 0) is 183 Å². The van der Waals surface area contributed by atoms with E-state index >= 15 is 0 Å². The Kier molecular flexibility index (Phi) is 26.0. The smallest absolute Gasteiger partial charge is 0.264 e. The fourth-order valence-corrected chi connectivity index (χ4v) is 15.7. The Morgan fingerprint density at radius 2 is 0.904 bits per heavy atom. The number of anilines is 1. The first-order valence-electron chi connectivity index (χ1n) is 42.1. The van der Waals surface area contributed by atoms with E-state index in [0.29, 0.717) is 134 Å². The van der Waals surface area contributed by atoms with E-state index in [1.54, 1.807) is 150 Å². The maximum Gasteiger partial charge on any atom is 0.264 e. The lowest BCUT2D eigenvalue weighted by Crippen LogP contribution is -2.40. The fraction of sp³-hybridized carbons (Fsp3) is 0.155. The highest BCUT2D eigenvalue weighted by Crippen LogP contribution is 2.37. The minimum atomic E-state index is -0.715. The summed E-state index contributed by atoms with van der Waals surface area (Å²) < 4.78 is 99.9. The molecule has 1 aliphatic heterocycles. The lowest BCUT2D eigenvalue weighted by atomic mass is 10.1. The quantitative estimate of drug-likeness (QED) is 0.0535. The molecule has 136 heavy (non-hydrogen) atoms. The summed E-state index contributed by atoms with van der Waals surface area (Å²) in [5, 5.41) is 61.2. The number of phenols is 1. The zero-order chi connectivity index (χ0) is 94.0. The minimum Gasteiger partial charge on any atom is -0.505 e. The number of ether oxygens (including phenoxy) is 9. The summed E-state index contributed by atoms with van der Waals surface area (Å²) in [6.07, 6.45) is 7.96. The van der Waals surface area contributed by atoms with Gasteiger partial charge in [0.2, 0.25) is 5.91 Å². The highest BCUT2D eigenvalue weighted by Gasteiger charge is 2.25. The van der Waals surface area contributed by atoms with Crippen molar-refractivity contribution in [2.45, 2.75) is 39.8 Å². The summed E-state index contributed by atoms with van der Waals surface area (Å²) in [6, 6.07) is 60.5. The molecule has 13 aromatic heterocycles. The van der Waals surface area contributed by atoms with Gasteiger partial charge in [-0.25, -0.2) is 22.7 Å². The summed E-state index contributed by atoms with van der Waals surface area (Å²) in [4.78, 5) is 61.3. The van der Waals surface area contributed by atoms with Crippen molar-refractivity contribution in [1.29, 1.82) is 0 Å². The third kappa shape index (κ3) is 19.3. The number of nitrogens with zero attached hydrogens (tertiary/aromatic N) is 20. The Morgan fingerprint density at radius 3 is 1.40 bits per heavy atom. The predicted octanol–water partition coefficient (Wildman–Crippen LogP) is 15.8. The van der Waals surface area contributed by atoms with Gasteiger partial charge in [0.25, 0.3) is 11.8 Å². The highest BCUT2D eigenvalue weighted by atomic mass is 32.1. The van der Waals surface area contributed by atoms with Crippen LogP contribution in [-0.2, 0) is 29.4 Å². The molecule has 20 aromatic rings. The summed E-state index contributed by atoms with van der Waals surface area (Å²) >= 11 is 1.44. The van der Waals surface area contributed by atoms with Crippen LogP contribution in [0.2, 0.25) is 0 Å². The van der Waals surface area contributed by atoms with Gasteiger partial charge in [-0.1, -0.05) is 12.1 Å². The first-order chi connectivity index (χ1) is 66.3. The van der Waals surface area contributed by atoms with E-state index in [9.17, 15) is 32.7 Å². The zero-order valence-electron chi connectivity index (χ0n) is 73.5. The molecule has 1 unspecified atom stereocenters. The van der Waals surface area contributed by atoms with Gasteiger partial charge in [0.05, 0.1) is 108 Å². The molecule has 1 fully saturated rings. The average molecular weight is 1850 g/mol. The number of amides is 3. The van der Waals surface area contributed by atoms with E-state index in [1.807, 2.05) is 115 Å². The SMILES string of the molecule is CNC(=O)c1ccc(-c2ccc3nnc(C(C)Oc4ccnc5cc(OC)ccc45)n3n2)cc1F.COc1ccc2c(OCc3cnc4ccc(-c5ccc(C(=O)N6CCOCC6)s5)nn34)ccnc2c1.COc1ccc2c(OCc3nnc4ccc(-c5ccc(NC(C)=O)c(F)c5)nn34)ccnc2c1.COc1ccc2c(OCc3nnc4ccc(-c5ccc(O)c(F)c5)nn34)ccnc2c1. The molecule has 7 aromatic carbocycles. The van der Waals surface area contributed by atoms with E-state index < -0.39 is 35.2 Å². The number of nitrogens with one attached hydrogen (secondary N) is 2. The first-order valence-corrected chi connectivity index (χ1v) is 42.9. The largest absolute Gasteiger partial charge is 0.505 e. The van der Waals surface area contributed by atoms with E-state index in [1.165, 1.54) is 61.7 Å². The molecule has 3 amide bonds. The highest BCUT2D eigenvalue weighted by molar-refractivity contribution is 7.17. The van der Waals surface area contributed by atoms with Gasteiger partial charge in [-0.15, -0.1) is 41.9 Å². The van der Waals surface area contributed by atoms with Crippen LogP contribution in [0.4, 0.5) is 18.9 Å². The van der Waals surface area contributed by atoms with Crippen LogP contribution in [0, 0.1) is 17.5 Å². The number of aromatic hydroxyl groups is 1. The zero-order valence-corrected chi connectivity index (χ0v) is 74.3. The molecule has 1 saturated heterocycles. The van der Waals surface area contributed by atoms with Gasteiger partial charge in [0.15, 0.2) is 57.7 Å². The Hall–Kier alpha value is -17.5. The number of hydrogen-bond donors (Lipinski definition) is 3. The number of rotatable bonds is 23. The third-order valence-corrected chi connectivity index (χ3v) is 22.8. The van der Waals surface area contributed by atoms with Crippen molar-refractivity contribution in [2.75, 3.05) is 67.1 Å². The summed E-state index contributed by atoms with van der Waals surface area (Å²) in [7, 11) is 7.89. The Bertz CT molecular complexity index is 7910. The van der Waals surface area contributed by atoms with Crippen LogP contribution in [0.1, 0.15) is 63.1 Å². The van der Waals surface area contributed by atoms with E-state index in [0.717, 1.165) is 77.0 Å². The number of phenolic OH excluding ortho intramolecular Hbond substituents is 1. The van der Waals surface area contributed by atoms with E-state index in [4.69, 9.17) is 47.7 Å². The lowest BCUT2D eigenvalue weighted by molar-refractivity contribution is -0.114. The van der Waals surface area contributed by atoms with Crippen LogP contribution in [0.5, 0.6) is 51.7 Å². The number of hydrogen-bond acceptors (Lipinski definition) is 29. The maximum absolute atomic E-state index is 14.5. The number of aromatic nitrogens is 19. The number of carbonyl (C=O) groups is 3. The Balaban J connectivity index is 0.000000121. The lowest BCUT2D eigenvalue weighted by Gasteiger charge is -2.26. The van der Waals surface area contributed by atoms with Gasteiger partial charge in [-0.3, -0.25) is 34.3 Å². The van der Waals surface area contributed by atoms with Crippen molar-refractivity contribution in [3.8, 4) is 96.1 Å². The van der Waals surface area contributed by atoms with Crippen LogP contribution in [0.15, 0.2) is 243 Å². The molecule has 1 atom stereocenters. The summed E-state index contributed by atoms with van der Waals surface area (Å²) in [6.45, 7) is 6.08. The number of imidazole rings is 1. The number of morpholine rings is 1. The Morgan fingerprint density at radius 1 is 0.456 bits per heavy atom. The monoisotopic (exact) mass is 1850 g/mol. The number of benzene rings is 7. The van der Waals surface area contributed by atoms with Crippen molar-refractivity contribution < 1.29 is 75.3 Å². The van der Waals surface area contributed by atoms with Gasteiger partial charge < -0.3 is 63.3 Å². The van der Waals surface area contributed by atoms with Gasteiger partial charge in [0, 0.05) is 114 Å². The second-order valence-corrected chi connectivity index (χ2v) is 31.4. The predicted molar refractivity (Wildman–Crippen MR) is 496 cm³/mol. The Labute approximate surface area is 773 Å². The van der Waals surface area contributed by atoms with Gasteiger partial charge in [-0.2, -0.15) is 33.9 Å². The van der Waals surface area contributed by atoms with Crippen molar-refractivity contribution >= 4 is 101 Å². The second kappa shape index (κ2) is 39.7. The van der Waals surface area contributed by atoms with E-state index in [2.05, 4.69) is 81.4 Å². The van der Waals surface area contributed by atoms with Crippen LogP contribution in [0.3, 0.4) is 0 Å². The van der Waals surface area contributed by atoms with Crippen molar-refractivity contribution in [1.82, 2.24) is 104 Å².